The number of phosphoric acid groups is 2. The first-order chi connectivity index (χ1) is 43.6. The Balaban J connectivity index is 5.21. The van der Waals surface area contributed by atoms with Gasteiger partial charge in [0.1, 0.15) is 19.3 Å². The molecule has 0 aliphatic heterocycles. The zero-order chi connectivity index (χ0) is 67.5. The number of aliphatic hydroxyl groups is 1. The molecule has 0 aromatic carbocycles. The van der Waals surface area contributed by atoms with Crippen molar-refractivity contribution in [2.75, 3.05) is 39.6 Å². The van der Waals surface area contributed by atoms with E-state index in [2.05, 4.69) is 55.4 Å². The molecular formula is C72H140O17P2. The third-order valence-electron chi connectivity index (χ3n) is 16.9. The Bertz CT molecular complexity index is 1800. The molecule has 4 unspecified atom stereocenters. The molecule has 91 heavy (non-hydrogen) atoms. The Labute approximate surface area is 556 Å². The monoisotopic (exact) mass is 1340 g/mol. The second-order valence-electron chi connectivity index (χ2n) is 27.6. The highest BCUT2D eigenvalue weighted by molar-refractivity contribution is 7.47. The molecule has 17 nitrogen and oxygen atoms in total. The summed E-state index contributed by atoms with van der Waals surface area (Å²) >= 11 is 0. The lowest BCUT2D eigenvalue weighted by Crippen LogP contribution is -2.30. The summed E-state index contributed by atoms with van der Waals surface area (Å²) in [6.45, 7) is 14.1. The van der Waals surface area contributed by atoms with Gasteiger partial charge in [0.2, 0.25) is 0 Å². The van der Waals surface area contributed by atoms with E-state index in [0.29, 0.717) is 31.6 Å². The molecular weight excluding hydrogens is 1200 g/mol. The Morgan fingerprint density at radius 1 is 0.308 bits per heavy atom. The maximum Gasteiger partial charge on any atom is 0.472 e. The van der Waals surface area contributed by atoms with Gasteiger partial charge in [-0.2, -0.15) is 0 Å². The van der Waals surface area contributed by atoms with Crippen LogP contribution >= 0.6 is 15.6 Å². The summed E-state index contributed by atoms with van der Waals surface area (Å²) in [6.07, 6.45) is 44.6. The molecule has 0 rings (SSSR count). The number of esters is 4. The number of hydrogen-bond acceptors (Lipinski definition) is 15. The average molecular weight is 1340 g/mol. The number of unbranched alkanes of at least 4 members (excludes halogenated alkanes) is 34. The first kappa shape index (κ1) is 89.1. The number of aliphatic hydroxyl groups excluding tert-OH is 1. The van der Waals surface area contributed by atoms with Gasteiger partial charge in [-0.15, -0.1) is 0 Å². The van der Waals surface area contributed by atoms with E-state index in [1.54, 1.807) is 0 Å². The van der Waals surface area contributed by atoms with Crippen molar-refractivity contribution >= 4 is 39.5 Å². The van der Waals surface area contributed by atoms with Gasteiger partial charge >= 0.3 is 39.5 Å². The van der Waals surface area contributed by atoms with Crippen LogP contribution < -0.4 is 0 Å². The van der Waals surface area contributed by atoms with Gasteiger partial charge in [0.15, 0.2) is 12.2 Å². The van der Waals surface area contributed by atoms with Crippen molar-refractivity contribution in [2.24, 2.45) is 23.7 Å². The predicted octanol–water partition coefficient (Wildman–Crippen LogP) is 20.5. The van der Waals surface area contributed by atoms with Crippen LogP contribution in [0.4, 0.5) is 0 Å². The van der Waals surface area contributed by atoms with Gasteiger partial charge in [-0.05, 0) is 49.4 Å². The molecule has 0 spiro atoms. The lowest BCUT2D eigenvalue weighted by molar-refractivity contribution is -0.161. The van der Waals surface area contributed by atoms with Gasteiger partial charge in [0.25, 0.3) is 0 Å². The molecule has 0 saturated carbocycles. The van der Waals surface area contributed by atoms with Crippen LogP contribution in [0.3, 0.4) is 0 Å². The number of carbonyl (C=O) groups is 4. The molecule has 0 saturated heterocycles. The van der Waals surface area contributed by atoms with E-state index in [4.69, 9.17) is 37.0 Å². The third-order valence-corrected chi connectivity index (χ3v) is 18.8. The molecule has 0 aliphatic carbocycles. The molecule has 19 heteroatoms. The average Bonchev–Trinajstić information content (AvgIpc) is 3.36. The van der Waals surface area contributed by atoms with E-state index >= 15 is 0 Å². The van der Waals surface area contributed by atoms with Crippen molar-refractivity contribution in [3.05, 3.63) is 0 Å². The highest BCUT2D eigenvalue weighted by atomic mass is 31.2. The minimum Gasteiger partial charge on any atom is -0.462 e. The van der Waals surface area contributed by atoms with Crippen molar-refractivity contribution in [3.8, 4) is 0 Å². The molecule has 0 heterocycles. The number of hydrogen-bond donors (Lipinski definition) is 3. The standard InChI is InChI=1S/C72H140O17P2/c1-9-65(8)51-43-35-26-19-14-12-10-11-13-15-20-27-36-44-52-69(74)82-58-67(88-71(76)54-46-38-29-21-17-16-18-24-32-40-48-62(2)3)60-86-90(78,79)84-56-66(73)57-85-91(80,81)87-61-68(89-72(77)55-47-39-31-30-34-42-50-64(6)7)59-83-70(75)53-45-37-28-23-22-25-33-41-49-63(4)5/h62-68,73H,9-61H2,1-8H3,(H,78,79)(H,80,81)/t65?,66?,67-,68-/m1/s1. The lowest BCUT2D eigenvalue weighted by atomic mass is 9.99. The Morgan fingerprint density at radius 2 is 0.527 bits per heavy atom. The van der Waals surface area contributed by atoms with E-state index in [0.717, 1.165) is 108 Å². The first-order valence-electron chi connectivity index (χ1n) is 37.2. The summed E-state index contributed by atoms with van der Waals surface area (Å²) in [7, 11) is -9.90. The van der Waals surface area contributed by atoms with E-state index in [9.17, 15) is 43.2 Å². The Morgan fingerprint density at radius 3 is 0.780 bits per heavy atom. The Hall–Kier alpha value is -1.94. The smallest absolute Gasteiger partial charge is 0.462 e. The molecule has 0 radical (unpaired) electrons. The molecule has 0 bridgehead atoms. The fourth-order valence-electron chi connectivity index (χ4n) is 10.8. The third kappa shape index (κ3) is 65.1. The number of ether oxygens (including phenoxy) is 4. The minimum absolute atomic E-state index is 0.101. The fraction of sp³-hybridized carbons (Fsp3) is 0.944. The highest BCUT2D eigenvalue weighted by Gasteiger charge is 2.30. The van der Waals surface area contributed by atoms with Crippen LogP contribution in [0.5, 0.6) is 0 Å². The second kappa shape index (κ2) is 61.6. The summed E-state index contributed by atoms with van der Waals surface area (Å²) in [6, 6.07) is 0. The molecule has 3 N–H and O–H groups in total. The summed E-state index contributed by atoms with van der Waals surface area (Å²) in [5.74, 6) is 0.866. The van der Waals surface area contributed by atoms with Crippen LogP contribution in [0.2, 0.25) is 0 Å². The van der Waals surface area contributed by atoms with E-state index in [1.807, 2.05) is 0 Å². The molecule has 0 aliphatic rings. The summed E-state index contributed by atoms with van der Waals surface area (Å²) in [4.78, 5) is 72.6. The second-order valence-corrected chi connectivity index (χ2v) is 30.6. The molecule has 0 fully saturated rings. The van der Waals surface area contributed by atoms with Crippen molar-refractivity contribution in [1.29, 1.82) is 0 Å². The largest absolute Gasteiger partial charge is 0.472 e. The topological polar surface area (TPSA) is 237 Å². The number of rotatable bonds is 69. The van der Waals surface area contributed by atoms with Crippen LogP contribution in [0.25, 0.3) is 0 Å². The van der Waals surface area contributed by atoms with Crippen molar-refractivity contribution in [2.45, 2.75) is 375 Å². The predicted molar refractivity (Wildman–Crippen MR) is 367 cm³/mol. The quantitative estimate of drug-likeness (QED) is 0.0222. The molecule has 0 amide bonds. The zero-order valence-electron chi connectivity index (χ0n) is 59.5. The molecule has 0 aromatic rings. The van der Waals surface area contributed by atoms with Crippen LogP contribution in [-0.4, -0.2) is 96.7 Å². The van der Waals surface area contributed by atoms with Gasteiger partial charge in [-0.25, -0.2) is 9.13 Å². The maximum atomic E-state index is 13.0. The molecule has 0 aromatic heterocycles. The summed E-state index contributed by atoms with van der Waals surface area (Å²) < 4.78 is 68.3. The highest BCUT2D eigenvalue weighted by Crippen LogP contribution is 2.45. The lowest BCUT2D eigenvalue weighted by Gasteiger charge is -2.21. The van der Waals surface area contributed by atoms with Crippen molar-refractivity contribution in [3.63, 3.8) is 0 Å². The van der Waals surface area contributed by atoms with E-state index in [-0.39, 0.29) is 25.7 Å². The van der Waals surface area contributed by atoms with Crippen LogP contribution in [0, 0.1) is 23.7 Å². The maximum absolute atomic E-state index is 13.0. The first-order valence-corrected chi connectivity index (χ1v) is 40.2. The minimum atomic E-state index is -4.95. The van der Waals surface area contributed by atoms with Crippen molar-refractivity contribution < 1.29 is 80.2 Å². The van der Waals surface area contributed by atoms with Crippen molar-refractivity contribution in [1.82, 2.24) is 0 Å². The SMILES string of the molecule is CCC(C)CCCCCCCCCCCCCCCCC(=O)OC[C@H](COP(=O)(O)OCC(O)COP(=O)(O)OC[C@@H](COC(=O)CCCCCCCCCCC(C)C)OC(=O)CCCCCCCCC(C)C)OC(=O)CCCCCCCCCCCCC(C)C. The number of carbonyl (C=O) groups excluding carboxylic acids is 4. The summed E-state index contributed by atoms with van der Waals surface area (Å²) in [5, 5.41) is 10.6. The van der Waals surface area contributed by atoms with Gasteiger partial charge in [0.05, 0.1) is 26.4 Å². The van der Waals surface area contributed by atoms with Gasteiger partial charge < -0.3 is 33.8 Å². The zero-order valence-corrected chi connectivity index (χ0v) is 61.3. The van der Waals surface area contributed by atoms with Gasteiger partial charge in [-0.3, -0.25) is 37.3 Å². The van der Waals surface area contributed by atoms with Crippen LogP contribution in [0.15, 0.2) is 0 Å². The Kier molecular flexibility index (Phi) is 60.3. The van der Waals surface area contributed by atoms with E-state index in [1.165, 1.54) is 161 Å². The fourth-order valence-corrected chi connectivity index (χ4v) is 12.4. The van der Waals surface area contributed by atoms with E-state index < -0.39 is 97.5 Å². The molecule has 6 atom stereocenters. The van der Waals surface area contributed by atoms with Crippen LogP contribution in [-0.2, 0) is 65.4 Å². The summed E-state index contributed by atoms with van der Waals surface area (Å²) in [5.41, 5.74) is 0. The van der Waals surface area contributed by atoms with Crippen LogP contribution in [0.1, 0.15) is 357 Å². The normalized spacial score (nSPS) is 14.5. The number of phosphoric ester groups is 2. The van der Waals surface area contributed by atoms with Gasteiger partial charge in [0, 0.05) is 25.7 Å². The van der Waals surface area contributed by atoms with Gasteiger partial charge in [-0.1, -0.05) is 306 Å². The molecule has 540 valence electrons.